The number of halogens is 1. The van der Waals surface area contributed by atoms with E-state index in [9.17, 15) is 4.79 Å². The van der Waals surface area contributed by atoms with Crippen molar-refractivity contribution in [3.63, 3.8) is 0 Å². The van der Waals surface area contributed by atoms with E-state index in [0.29, 0.717) is 28.1 Å². The lowest BCUT2D eigenvalue weighted by Gasteiger charge is -2.05. The van der Waals surface area contributed by atoms with Crippen LogP contribution in [-0.4, -0.2) is 32.9 Å². The van der Waals surface area contributed by atoms with Crippen LogP contribution in [0.2, 0.25) is 5.02 Å². The molecule has 7 heteroatoms. The molecule has 0 atom stereocenters. The van der Waals surface area contributed by atoms with Crippen LogP contribution in [0, 0.1) is 0 Å². The van der Waals surface area contributed by atoms with Crippen molar-refractivity contribution in [3.8, 4) is 17.1 Å². The Hall–Kier alpha value is -2.31. The van der Waals surface area contributed by atoms with Gasteiger partial charge in [-0.2, -0.15) is 0 Å². The Morgan fingerprint density at radius 3 is 2.85 bits per heavy atom. The Balaban J connectivity index is 1.46. The van der Waals surface area contributed by atoms with E-state index in [1.165, 1.54) is 11.8 Å². The van der Waals surface area contributed by atoms with Crippen molar-refractivity contribution in [1.29, 1.82) is 0 Å². The minimum atomic E-state index is 0.0701. The van der Waals surface area contributed by atoms with Gasteiger partial charge in [-0.15, -0.1) is 10.2 Å². The van der Waals surface area contributed by atoms with Gasteiger partial charge in [0.25, 0.3) is 0 Å². The second kappa shape index (κ2) is 7.13. The maximum absolute atomic E-state index is 12.5. The number of Topliss-reactive ketones (excluding diaryl/α,β-unsaturated/α-hetero) is 1. The molecule has 26 heavy (non-hydrogen) atoms. The van der Waals surface area contributed by atoms with E-state index in [1.807, 2.05) is 54.1 Å². The third kappa shape index (κ3) is 3.34. The normalized spacial score (nSPS) is 12.7. The van der Waals surface area contributed by atoms with Crippen molar-refractivity contribution in [2.45, 2.75) is 11.6 Å². The molecule has 1 aliphatic heterocycles. The molecule has 1 aliphatic rings. The minimum Gasteiger partial charge on any atom is -0.493 e. The number of thioether (sulfide) groups is 1. The quantitative estimate of drug-likeness (QED) is 0.490. The highest BCUT2D eigenvalue weighted by Crippen LogP contribution is 2.28. The number of benzene rings is 2. The van der Waals surface area contributed by atoms with E-state index in [-0.39, 0.29) is 5.78 Å². The largest absolute Gasteiger partial charge is 0.493 e. The number of fused-ring (bicyclic) bond motifs is 1. The number of nitrogens with zero attached hydrogens (tertiary/aromatic N) is 3. The van der Waals surface area contributed by atoms with Gasteiger partial charge in [0.15, 0.2) is 16.8 Å². The molecule has 0 spiro atoms. The van der Waals surface area contributed by atoms with Gasteiger partial charge >= 0.3 is 0 Å². The minimum absolute atomic E-state index is 0.0701. The zero-order valence-corrected chi connectivity index (χ0v) is 15.7. The summed E-state index contributed by atoms with van der Waals surface area (Å²) in [6, 6.07) is 13.1. The molecule has 2 heterocycles. The second-order valence-electron chi connectivity index (χ2n) is 6.00. The molecular weight excluding hydrogens is 370 g/mol. The number of ketones is 1. The lowest BCUT2D eigenvalue weighted by molar-refractivity contribution is 0.102. The van der Waals surface area contributed by atoms with Crippen molar-refractivity contribution in [2.24, 2.45) is 7.05 Å². The molecule has 5 nitrogen and oxygen atoms in total. The fraction of sp³-hybridized carbons (Fsp3) is 0.211. The highest BCUT2D eigenvalue weighted by molar-refractivity contribution is 7.99. The molecule has 0 saturated heterocycles. The van der Waals surface area contributed by atoms with Crippen LogP contribution in [-0.2, 0) is 13.5 Å². The Labute approximate surface area is 160 Å². The lowest BCUT2D eigenvalue weighted by atomic mass is 10.1. The smallest absolute Gasteiger partial charge is 0.191 e. The molecule has 0 amide bonds. The van der Waals surface area contributed by atoms with Crippen LogP contribution in [0.1, 0.15) is 15.9 Å². The van der Waals surface area contributed by atoms with Gasteiger partial charge < -0.3 is 9.30 Å². The van der Waals surface area contributed by atoms with Crippen molar-refractivity contribution < 1.29 is 9.53 Å². The van der Waals surface area contributed by atoms with Crippen LogP contribution in [0.5, 0.6) is 5.75 Å². The number of rotatable bonds is 5. The predicted molar refractivity (Wildman–Crippen MR) is 102 cm³/mol. The zero-order valence-electron chi connectivity index (χ0n) is 14.1. The average molecular weight is 386 g/mol. The summed E-state index contributed by atoms with van der Waals surface area (Å²) in [5.41, 5.74) is 2.74. The van der Waals surface area contributed by atoms with Crippen LogP contribution < -0.4 is 4.74 Å². The van der Waals surface area contributed by atoms with Gasteiger partial charge in [-0.05, 0) is 48.0 Å². The highest BCUT2D eigenvalue weighted by Gasteiger charge is 2.17. The van der Waals surface area contributed by atoms with E-state index in [1.54, 1.807) is 0 Å². The molecule has 4 rings (SSSR count). The van der Waals surface area contributed by atoms with E-state index < -0.39 is 0 Å². The Bertz CT molecular complexity index is 969. The third-order valence-electron chi connectivity index (χ3n) is 4.28. The molecule has 132 valence electrons. The van der Waals surface area contributed by atoms with Crippen molar-refractivity contribution in [2.75, 3.05) is 12.4 Å². The first-order valence-corrected chi connectivity index (χ1v) is 9.55. The summed E-state index contributed by atoms with van der Waals surface area (Å²) in [5, 5.41) is 9.82. The summed E-state index contributed by atoms with van der Waals surface area (Å²) >= 11 is 7.31. The van der Waals surface area contributed by atoms with Crippen molar-refractivity contribution in [1.82, 2.24) is 14.8 Å². The first-order valence-electron chi connectivity index (χ1n) is 8.19. The van der Waals surface area contributed by atoms with Gasteiger partial charge in [-0.3, -0.25) is 4.79 Å². The number of hydrogen-bond donors (Lipinski definition) is 0. The predicted octanol–water partition coefficient (Wildman–Crippen LogP) is 4.05. The van der Waals surface area contributed by atoms with Crippen molar-refractivity contribution in [3.05, 3.63) is 58.6 Å². The summed E-state index contributed by atoms with van der Waals surface area (Å²) in [7, 11) is 1.89. The fourth-order valence-corrected chi connectivity index (χ4v) is 3.80. The summed E-state index contributed by atoms with van der Waals surface area (Å²) in [4.78, 5) is 12.5. The number of ether oxygens (including phenoxy) is 1. The maximum Gasteiger partial charge on any atom is 0.191 e. The van der Waals surface area contributed by atoms with E-state index in [2.05, 4.69) is 10.2 Å². The number of carbonyl (C=O) groups excluding carboxylic acids is 1. The third-order valence-corrected chi connectivity index (χ3v) is 5.55. The maximum atomic E-state index is 12.5. The standard InChI is InChI=1S/C19H16ClN3O2S/c1-23-18(12-2-5-15(20)6-3-12)21-22-19(23)26-11-16(24)13-4-7-17-14(10-13)8-9-25-17/h2-7,10H,8-9,11H2,1H3. The van der Waals surface area contributed by atoms with Gasteiger partial charge in [0.1, 0.15) is 5.75 Å². The lowest BCUT2D eigenvalue weighted by Crippen LogP contribution is -2.04. The highest BCUT2D eigenvalue weighted by atomic mass is 35.5. The topological polar surface area (TPSA) is 57.0 Å². The molecule has 0 saturated carbocycles. The van der Waals surface area contributed by atoms with Gasteiger partial charge in [-0.25, -0.2) is 0 Å². The van der Waals surface area contributed by atoms with E-state index >= 15 is 0 Å². The van der Waals surface area contributed by atoms with Crippen LogP contribution in [0.25, 0.3) is 11.4 Å². The van der Waals surface area contributed by atoms with Crippen LogP contribution >= 0.6 is 23.4 Å². The summed E-state index contributed by atoms with van der Waals surface area (Å²) < 4.78 is 7.37. The van der Waals surface area contributed by atoms with Crippen molar-refractivity contribution >= 4 is 29.1 Å². The molecule has 0 aliphatic carbocycles. The number of carbonyl (C=O) groups is 1. The molecule has 0 bridgehead atoms. The SMILES string of the molecule is Cn1c(SCC(=O)c2ccc3c(c2)CCO3)nnc1-c1ccc(Cl)cc1. The molecule has 0 radical (unpaired) electrons. The zero-order chi connectivity index (χ0) is 18.1. The molecule has 3 aromatic rings. The summed E-state index contributed by atoms with van der Waals surface area (Å²) in [6.07, 6.45) is 0.858. The molecule has 2 aromatic carbocycles. The number of hydrogen-bond acceptors (Lipinski definition) is 5. The Morgan fingerprint density at radius 1 is 1.23 bits per heavy atom. The Morgan fingerprint density at radius 2 is 2.04 bits per heavy atom. The molecule has 1 aromatic heterocycles. The second-order valence-corrected chi connectivity index (χ2v) is 7.38. The summed E-state index contributed by atoms with van der Waals surface area (Å²) in [5.74, 6) is 2.01. The van der Waals surface area contributed by atoms with Crippen LogP contribution in [0.3, 0.4) is 0 Å². The number of aromatic nitrogens is 3. The van der Waals surface area contributed by atoms with Gasteiger partial charge in [-0.1, -0.05) is 23.4 Å². The van der Waals surface area contributed by atoms with E-state index in [4.69, 9.17) is 16.3 Å². The van der Waals surface area contributed by atoms with Crippen LogP contribution in [0.4, 0.5) is 0 Å². The molecule has 0 unspecified atom stereocenters. The first-order chi connectivity index (χ1) is 12.6. The van der Waals surface area contributed by atoms with Gasteiger partial charge in [0.05, 0.1) is 12.4 Å². The summed E-state index contributed by atoms with van der Waals surface area (Å²) in [6.45, 7) is 0.689. The fourth-order valence-electron chi connectivity index (χ4n) is 2.86. The molecule has 0 fully saturated rings. The van der Waals surface area contributed by atoms with Crippen LogP contribution in [0.15, 0.2) is 47.6 Å². The average Bonchev–Trinajstić information content (AvgIpc) is 3.26. The molecular formula is C19H16ClN3O2S. The van der Waals surface area contributed by atoms with Gasteiger partial charge in [0.2, 0.25) is 0 Å². The van der Waals surface area contributed by atoms with E-state index in [0.717, 1.165) is 29.1 Å². The van der Waals surface area contributed by atoms with Gasteiger partial charge in [0, 0.05) is 29.6 Å². The monoisotopic (exact) mass is 385 g/mol. The Kier molecular flexibility index (Phi) is 4.70. The molecule has 0 N–H and O–H groups in total. The first kappa shape index (κ1) is 17.1.